The molecule has 94 valence electrons. The lowest BCUT2D eigenvalue weighted by Crippen LogP contribution is -2.21. The second-order valence-corrected chi connectivity index (χ2v) is 4.17. The fourth-order valence-corrected chi connectivity index (χ4v) is 1.72. The van der Waals surface area contributed by atoms with Gasteiger partial charge in [-0.1, -0.05) is 18.2 Å². The highest BCUT2D eigenvalue weighted by Crippen LogP contribution is 2.26. The van der Waals surface area contributed by atoms with E-state index in [-0.39, 0.29) is 5.88 Å². The fraction of sp³-hybridized carbons (Fsp3) is 0.231. The van der Waals surface area contributed by atoms with Crippen molar-refractivity contribution in [2.45, 2.75) is 6.10 Å². The number of nitrogens with zero attached hydrogens (tertiary/aromatic N) is 2. The molecule has 1 aromatic carbocycles. The number of aliphatic hydroxyl groups is 1. The van der Waals surface area contributed by atoms with Gasteiger partial charge in [0.15, 0.2) is 0 Å². The molecule has 1 atom stereocenters. The van der Waals surface area contributed by atoms with E-state index < -0.39 is 6.10 Å². The number of nitrogens with one attached hydrogen (secondary N) is 1. The summed E-state index contributed by atoms with van der Waals surface area (Å²) in [5.41, 5.74) is 2.86. The molecule has 0 fully saturated rings. The third kappa shape index (κ3) is 3.18. The van der Waals surface area contributed by atoms with Crippen LogP contribution in [0.5, 0.6) is 0 Å². The Morgan fingerprint density at radius 3 is 2.67 bits per heavy atom. The number of aliphatic hydroxyl groups excluding tert-OH is 1. The Kier molecular flexibility index (Phi) is 4.50. The van der Waals surface area contributed by atoms with Crippen molar-refractivity contribution in [3.63, 3.8) is 0 Å². The molecule has 2 rings (SSSR count). The molecule has 0 aliphatic rings. The largest absolute Gasteiger partial charge is 0.390 e. The molecule has 0 aliphatic carbocycles. The Balaban J connectivity index is 2.21. The highest BCUT2D eigenvalue weighted by atomic mass is 35.5. The molecular formula is C13H14ClN3O. The number of anilines is 1. The molecule has 2 aromatic rings. The zero-order chi connectivity index (χ0) is 12.8. The van der Waals surface area contributed by atoms with Crippen molar-refractivity contribution in [3.8, 4) is 11.1 Å². The van der Waals surface area contributed by atoms with Crippen molar-refractivity contribution >= 4 is 17.3 Å². The van der Waals surface area contributed by atoms with E-state index in [4.69, 9.17) is 11.6 Å². The number of benzene rings is 1. The number of halogens is 1. The van der Waals surface area contributed by atoms with Crippen molar-refractivity contribution in [1.82, 2.24) is 9.97 Å². The van der Waals surface area contributed by atoms with Gasteiger partial charge >= 0.3 is 0 Å². The maximum Gasteiger partial charge on any atom is 0.115 e. The molecule has 2 N–H and O–H groups in total. The SMILES string of the molecule is OC(CCl)CNc1ccccc1-c1cncnc1. The average Bonchev–Trinajstić information content (AvgIpc) is 2.46. The molecule has 0 saturated heterocycles. The lowest BCUT2D eigenvalue weighted by Gasteiger charge is -2.13. The maximum atomic E-state index is 9.46. The quantitative estimate of drug-likeness (QED) is 0.812. The van der Waals surface area contributed by atoms with Crippen LogP contribution in [-0.4, -0.2) is 33.6 Å². The van der Waals surface area contributed by atoms with E-state index in [1.807, 2.05) is 24.3 Å². The third-order valence-electron chi connectivity index (χ3n) is 2.50. The van der Waals surface area contributed by atoms with Crippen LogP contribution < -0.4 is 5.32 Å². The second kappa shape index (κ2) is 6.33. The summed E-state index contributed by atoms with van der Waals surface area (Å²) in [5, 5.41) is 12.6. The molecule has 18 heavy (non-hydrogen) atoms. The van der Waals surface area contributed by atoms with Crippen LogP contribution in [0.25, 0.3) is 11.1 Å². The summed E-state index contributed by atoms with van der Waals surface area (Å²) in [6.45, 7) is 0.411. The zero-order valence-corrected chi connectivity index (χ0v) is 10.5. The number of hydrogen-bond donors (Lipinski definition) is 2. The first-order chi connectivity index (χ1) is 8.81. The first-order valence-electron chi connectivity index (χ1n) is 5.63. The summed E-state index contributed by atoms with van der Waals surface area (Å²) in [5.74, 6) is 0.212. The van der Waals surface area contributed by atoms with Crippen molar-refractivity contribution < 1.29 is 5.11 Å². The number of alkyl halides is 1. The van der Waals surface area contributed by atoms with E-state index in [0.717, 1.165) is 16.8 Å². The van der Waals surface area contributed by atoms with Gasteiger partial charge in [0.25, 0.3) is 0 Å². The van der Waals surface area contributed by atoms with Gasteiger partial charge in [-0.25, -0.2) is 9.97 Å². The summed E-state index contributed by atoms with van der Waals surface area (Å²) in [7, 11) is 0. The van der Waals surface area contributed by atoms with Crippen LogP contribution in [0, 0.1) is 0 Å². The molecule has 0 spiro atoms. The highest BCUT2D eigenvalue weighted by molar-refractivity contribution is 6.18. The number of aromatic nitrogens is 2. The van der Waals surface area contributed by atoms with Crippen molar-refractivity contribution in [3.05, 3.63) is 43.0 Å². The van der Waals surface area contributed by atoms with Crippen LogP contribution in [0.3, 0.4) is 0 Å². The Morgan fingerprint density at radius 2 is 1.94 bits per heavy atom. The van der Waals surface area contributed by atoms with Crippen LogP contribution in [0.4, 0.5) is 5.69 Å². The molecule has 1 heterocycles. The van der Waals surface area contributed by atoms with Gasteiger partial charge in [0.2, 0.25) is 0 Å². The fourth-order valence-electron chi connectivity index (χ4n) is 1.61. The Hall–Kier alpha value is -1.65. The van der Waals surface area contributed by atoms with Gasteiger partial charge in [0.05, 0.1) is 12.0 Å². The minimum Gasteiger partial charge on any atom is -0.390 e. The van der Waals surface area contributed by atoms with Gasteiger partial charge in [0.1, 0.15) is 6.33 Å². The van der Waals surface area contributed by atoms with E-state index in [1.165, 1.54) is 6.33 Å². The Labute approximate surface area is 111 Å². The molecule has 1 aromatic heterocycles. The summed E-state index contributed by atoms with van der Waals surface area (Å²) >= 11 is 5.57. The standard InChI is InChI=1S/C13H14ClN3O/c14-5-11(18)8-17-13-4-2-1-3-12(13)10-6-15-9-16-7-10/h1-4,6-7,9,11,17-18H,5,8H2. The molecule has 0 radical (unpaired) electrons. The van der Waals surface area contributed by atoms with Crippen molar-refractivity contribution in [2.75, 3.05) is 17.7 Å². The summed E-state index contributed by atoms with van der Waals surface area (Å²) in [6.07, 6.45) is 4.44. The molecule has 4 nitrogen and oxygen atoms in total. The Bertz CT molecular complexity index is 493. The van der Waals surface area contributed by atoms with Gasteiger partial charge in [-0.2, -0.15) is 0 Å². The molecule has 0 amide bonds. The lowest BCUT2D eigenvalue weighted by atomic mass is 10.1. The van der Waals surface area contributed by atoms with E-state index >= 15 is 0 Å². The number of para-hydroxylation sites is 1. The van der Waals surface area contributed by atoms with Crippen molar-refractivity contribution in [1.29, 1.82) is 0 Å². The van der Waals surface area contributed by atoms with Crippen LogP contribution in [0.15, 0.2) is 43.0 Å². The van der Waals surface area contributed by atoms with Crippen LogP contribution in [0.2, 0.25) is 0 Å². The molecule has 1 unspecified atom stereocenters. The van der Waals surface area contributed by atoms with E-state index in [1.54, 1.807) is 12.4 Å². The summed E-state index contributed by atoms with van der Waals surface area (Å²) in [4.78, 5) is 8.01. The first kappa shape index (κ1) is 12.8. The minimum absolute atomic E-state index is 0.212. The minimum atomic E-state index is -0.563. The van der Waals surface area contributed by atoms with Gasteiger partial charge in [-0.05, 0) is 6.07 Å². The van der Waals surface area contributed by atoms with E-state index in [0.29, 0.717) is 6.54 Å². The topological polar surface area (TPSA) is 58.0 Å². The van der Waals surface area contributed by atoms with Gasteiger partial charge < -0.3 is 10.4 Å². The summed E-state index contributed by atoms with van der Waals surface area (Å²) in [6, 6.07) is 7.81. The summed E-state index contributed by atoms with van der Waals surface area (Å²) < 4.78 is 0. The monoisotopic (exact) mass is 263 g/mol. The van der Waals surface area contributed by atoms with Crippen LogP contribution in [-0.2, 0) is 0 Å². The lowest BCUT2D eigenvalue weighted by molar-refractivity contribution is 0.211. The normalized spacial score (nSPS) is 12.1. The Morgan fingerprint density at radius 1 is 1.22 bits per heavy atom. The van der Waals surface area contributed by atoms with Crippen LogP contribution in [0.1, 0.15) is 0 Å². The highest BCUT2D eigenvalue weighted by Gasteiger charge is 2.06. The maximum absolute atomic E-state index is 9.46. The zero-order valence-electron chi connectivity index (χ0n) is 9.75. The molecule has 5 heteroatoms. The third-order valence-corrected chi connectivity index (χ3v) is 2.86. The van der Waals surface area contributed by atoms with Crippen molar-refractivity contribution in [2.24, 2.45) is 0 Å². The predicted molar refractivity (Wildman–Crippen MR) is 72.7 cm³/mol. The molecule has 0 bridgehead atoms. The second-order valence-electron chi connectivity index (χ2n) is 3.86. The predicted octanol–water partition coefficient (Wildman–Crippen LogP) is 2.16. The van der Waals surface area contributed by atoms with E-state index in [9.17, 15) is 5.11 Å². The average molecular weight is 264 g/mol. The number of rotatable bonds is 5. The molecule has 0 aliphatic heterocycles. The number of hydrogen-bond acceptors (Lipinski definition) is 4. The van der Waals surface area contributed by atoms with Gasteiger partial charge in [-0.15, -0.1) is 11.6 Å². The molecule has 0 saturated carbocycles. The first-order valence-corrected chi connectivity index (χ1v) is 6.17. The van der Waals surface area contributed by atoms with Gasteiger partial charge in [0, 0.05) is 35.8 Å². The van der Waals surface area contributed by atoms with E-state index in [2.05, 4.69) is 15.3 Å². The smallest absolute Gasteiger partial charge is 0.115 e. The van der Waals surface area contributed by atoms with Gasteiger partial charge in [-0.3, -0.25) is 0 Å². The molecular weight excluding hydrogens is 250 g/mol. The van der Waals surface area contributed by atoms with Crippen LogP contribution >= 0.6 is 11.6 Å².